The van der Waals surface area contributed by atoms with Gasteiger partial charge in [-0.25, -0.2) is 8.42 Å². The second kappa shape index (κ2) is 11.5. The first-order valence-electron chi connectivity index (χ1n) is 10.9. The van der Waals surface area contributed by atoms with Gasteiger partial charge in [-0.2, -0.15) is 0 Å². The van der Waals surface area contributed by atoms with Crippen LogP contribution >= 0.6 is 0 Å². The molecule has 0 aliphatic heterocycles. The van der Waals surface area contributed by atoms with Gasteiger partial charge >= 0.3 is 0 Å². The van der Waals surface area contributed by atoms with E-state index in [1.54, 1.807) is 62.6 Å². The maximum atomic E-state index is 12.5. The van der Waals surface area contributed by atoms with E-state index >= 15 is 0 Å². The summed E-state index contributed by atoms with van der Waals surface area (Å²) < 4.78 is 36.9. The zero-order chi connectivity index (χ0) is 26.3. The van der Waals surface area contributed by atoms with Crippen LogP contribution in [0.4, 0.5) is 11.4 Å². The smallest absolute Gasteiger partial charge is 0.271 e. The molecule has 0 saturated heterocycles. The van der Waals surface area contributed by atoms with Gasteiger partial charge in [-0.3, -0.25) is 19.2 Å². The van der Waals surface area contributed by atoms with Crippen LogP contribution in [-0.2, 0) is 16.6 Å². The molecule has 190 valence electrons. The highest BCUT2D eigenvalue weighted by Crippen LogP contribution is 2.29. The van der Waals surface area contributed by atoms with Crippen LogP contribution in [0.5, 0.6) is 11.5 Å². The maximum Gasteiger partial charge on any atom is 0.271 e. The van der Waals surface area contributed by atoms with Gasteiger partial charge < -0.3 is 14.8 Å². The Morgan fingerprint density at radius 1 is 1.06 bits per heavy atom. The minimum atomic E-state index is -3.74. The van der Waals surface area contributed by atoms with Gasteiger partial charge in [-0.05, 0) is 42.3 Å². The average Bonchev–Trinajstić information content (AvgIpc) is 2.85. The number of nitro groups is 1. The van der Waals surface area contributed by atoms with Gasteiger partial charge in [0.05, 0.1) is 37.1 Å². The third kappa shape index (κ3) is 6.95. The second-order valence-electron chi connectivity index (χ2n) is 7.98. The number of sulfonamides is 1. The molecule has 10 nitrogen and oxygen atoms in total. The van der Waals surface area contributed by atoms with Crippen LogP contribution in [0.25, 0.3) is 0 Å². The van der Waals surface area contributed by atoms with Gasteiger partial charge in [0, 0.05) is 23.8 Å². The van der Waals surface area contributed by atoms with Crippen molar-refractivity contribution in [1.82, 2.24) is 5.32 Å². The normalized spacial score (nSPS) is 11.0. The molecule has 0 fully saturated rings. The number of amides is 1. The molecule has 1 amide bonds. The van der Waals surface area contributed by atoms with E-state index in [2.05, 4.69) is 5.32 Å². The third-order valence-corrected chi connectivity index (χ3v) is 6.44. The Labute approximate surface area is 209 Å². The molecule has 0 bridgehead atoms. The molecule has 0 radical (unpaired) electrons. The van der Waals surface area contributed by atoms with Crippen molar-refractivity contribution < 1.29 is 27.6 Å². The van der Waals surface area contributed by atoms with E-state index in [4.69, 9.17) is 9.47 Å². The Hall–Kier alpha value is -4.12. The second-order valence-corrected chi connectivity index (χ2v) is 9.88. The molecule has 3 rings (SSSR count). The lowest BCUT2D eigenvalue weighted by Gasteiger charge is -2.24. The minimum absolute atomic E-state index is 0.0445. The Kier molecular flexibility index (Phi) is 8.49. The number of nitrogens with zero attached hydrogens (tertiary/aromatic N) is 2. The summed E-state index contributed by atoms with van der Waals surface area (Å²) in [5, 5.41) is 13.9. The van der Waals surface area contributed by atoms with E-state index in [0.717, 1.165) is 10.6 Å². The quantitative estimate of drug-likeness (QED) is 0.235. The first-order valence-corrected chi connectivity index (χ1v) is 12.8. The molecule has 0 spiro atoms. The number of hydrogen-bond acceptors (Lipinski definition) is 7. The Morgan fingerprint density at radius 2 is 1.75 bits per heavy atom. The summed E-state index contributed by atoms with van der Waals surface area (Å²) >= 11 is 0. The van der Waals surface area contributed by atoms with Crippen molar-refractivity contribution in [3.8, 4) is 11.5 Å². The molecule has 0 unspecified atom stereocenters. The van der Waals surface area contributed by atoms with Gasteiger partial charge in [0.1, 0.15) is 18.1 Å². The number of nitro benzene ring substituents is 1. The van der Waals surface area contributed by atoms with Crippen LogP contribution in [0.15, 0.2) is 66.7 Å². The molecule has 36 heavy (non-hydrogen) atoms. The number of nitrogens with one attached hydrogen (secondary N) is 1. The van der Waals surface area contributed by atoms with Crippen LogP contribution in [0.1, 0.15) is 21.5 Å². The van der Waals surface area contributed by atoms with Crippen molar-refractivity contribution in [3.63, 3.8) is 0 Å². The molecule has 0 aliphatic carbocycles. The Morgan fingerprint density at radius 3 is 2.39 bits per heavy atom. The number of hydrogen-bond donors (Lipinski definition) is 1. The van der Waals surface area contributed by atoms with Gasteiger partial charge in [-0.15, -0.1) is 0 Å². The van der Waals surface area contributed by atoms with E-state index in [0.29, 0.717) is 28.2 Å². The molecule has 11 heteroatoms. The molecule has 0 aromatic heterocycles. The fraction of sp³-hybridized carbons (Fsp3) is 0.240. The zero-order valence-corrected chi connectivity index (χ0v) is 20.9. The lowest BCUT2D eigenvalue weighted by Crippen LogP contribution is -2.30. The lowest BCUT2D eigenvalue weighted by molar-refractivity contribution is -0.384. The highest BCUT2D eigenvalue weighted by atomic mass is 32.2. The summed E-state index contributed by atoms with van der Waals surface area (Å²) in [6.45, 7) is 2.19. The molecule has 3 aromatic rings. The van der Waals surface area contributed by atoms with E-state index < -0.39 is 14.9 Å². The summed E-state index contributed by atoms with van der Waals surface area (Å²) in [6.07, 6.45) is 1.04. The first kappa shape index (κ1) is 26.5. The van der Waals surface area contributed by atoms with Crippen molar-refractivity contribution in [2.75, 3.05) is 30.8 Å². The van der Waals surface area contributed by atoms with Crippen molar-refractivity contribution >= 4 is 27.3 Å². The van der Waals surface area contributed by atoms with Crippen molar-refractivity contribution in [3.05, 3.63) is 93.5 Å². The van der Waals surface area contributed by atoms with Crippen LogP contribution in [0.2, 0.25) is 0 Å². The molecular weight excluding hydrogens is 486 g/mol. The van der Waals surface area contributed by atoms with E-state index in [9.17, 15) is 23.3 Å². The summed E-state index contributed by atoms with van der Waals surface area (Å²) in [5.41, 5.74) is 1.62. The summed E-state index contributed by atoms with van der Waals surface area (Å²) in [4.78, 5) is 23.1. The number of aryl methyl sites for hydroxylation is 1. The van der Waals surface area contributed by atoms with Gasteiger partial charge in [0.2, 0.25) is 10.0 Å². The van der Waals surface area contributed by atoms with Gasteiger partial charge in [-0.1, -0.05) is 24.3 Å². The third-order valence-electron chi connectivity index (χ3n) is 5.31. The number of carbonyl (C=O) groups excluding carboxylic acids is 1. The number of benzene rings is 3. The van der Waals surface area contributed by atoms with Gasteiger partial charge in [0.25, 0.3) is 11.6 Å². The van der Waals surface area contributed by atoms with E-state index in [1.165, 1.54) is 18.2 Å². The predicted molar refractivity (Wildman–Crippen MR) is 136 cm³/mol. The maximum absolute atomic E-state index is 12.5. The number of ether oxygens (including phenoxy) is 2. The van der Waals surface area contributed by atoms with Crippen LogP contribution < -0.4 is 19.1 Å². The SMILES string of the molecule is COc1cccc(OCCNC(=O)c2ccc(CN(c3cc([N+](=O)[O-])ccc3C)S(C)(=O)=O)cc2)c1. The predicted octanol–water partition coefficient (Wildman–Crippen LogP) is 3.69. The standard InChI is InChI=1S/C25H27N3O7S/c1-18-7-12-21(28(30)31)15-24(18)27(36(3,32)33)17-19-8-10-20(11-9-19)25(29)26-13-14-35-23-6-4-5-22(16-23)34-2/h4-12,15-16H,13-14,17H2,1-3H3,(H,26,29). The lowest BCUT2D eigenvalue weighted by atomic mass is 10.1. The molecule has 0 heterocycles. The fourth-order valence-corrected chi connectivity index (χ4v) is 4.35. The Balaban J connectivity index is 1.63. The van der Waals surface area contributed by atoms with E-state index in [1.807, 2.05) is 0 Å². The summed E-state index contributed by atoms with van der Waals surface area (Å²) in [6, 6.07) is 17.7. The molecular formula is C25H27N3O7S. The average molecular weight is 514 g/mol. The zero-order valence-electron chi connectivity index (χ0n) is 20.1. The largest absolute Gasteiger partial charge is 0.497 e. The number of non-ortho nitro benzene ring substituents is 1. The molecule has 0 saturated carbocycles. The Bertz CT molecular complexity index is 1340. The number of carbonyl (C=O) groups is 1. The molecule has 0 aliphatic rings. The molecule has 1 N–H and O–H groups in total. The topological polar surface area (TPSA) is 128 Å². The number of anilines is 1. The highest BCUT2D eigenvalue weighted by Gasteiger charge is 2.22. The van der Waals surface area contributed by atoms with E-state index in [-0.39, 0.29) is 37.0 Å². The minimum Gasteiger partial charge on any atom is -0.497 e. The van der Waals surface area contributed by atoms with Crippen molar-refractivity contribution in [2.45, 2.75) is 13.5 Å². The van der Waals surface area contributed by atoms with Crippen LogP contribution in [0, 0.1) is 17.0 Å². The molecule has 0 atom stereocenters. The van der Waals surface area contributed by atoms with Crippen LogP contribution in [-0.4, -0.2) is 45.8 Å². The number of rotatable bonds is 11. The summed E-state index contributed by atoms with van der Waals surface area (Å²) in [7, 11) is -2.17. The van der Waals surface area contributed by atoms with Crippen molar-refractivity contribution in [1.29, 1.82) is 0 Å². The number of methoxy groups -OCH3 is 1. The molecule has 3 aromatic carbocycles. The van der Waals surface area contributed by atoms with Crippen LogP contribution in [0.3, 0.4) is 0 Å². The fourth-order valence-electron chi connectivity index (χ4n) is 3.41. The first-order chi connectivity index (χ1) is 17.1. The van der Waals surface area contributed by atoms with Gasteiger partial charge in [0.15, 0.2) is 0 Å². The monoisotopic (exact) mass is 513 g/mol. The summed E-state index contributed by atoms with van der Waals surface area (Å²) in [5.74, 6) is 0.999. The van der Waals surface area contributed by atoms with Crippen molar-refractivity contribution in [2.24, 2.45) is 0 Å². The highest BCUT2D eigenvalue weighted by molar-refractivity contribution is 7.92.